The second-order valence-corrected chi connectivity index (χ2v) is 5.34. The first-order valence-corrected chi connectivity index (χ1v) is 6.85. The van der Waals surface area contributed by atoms with E-state index in [2.05, 4.69) is 28.5 Å². The summed E-state index contributed by atoms with van der Waals surface area (Å²) in [5, 5.41) is 12.5. The highest BCUT2D eigenvalue weighted by Crippen LogP contribution is 2.27. The van der Waals surface area contributed by atoms with Crippen molar-refractivity contribution >= 4 is 17.3 Å². The van der Waals surface area contributed by atoms with Crippen molar-refractivity contribution < 1.29 is 0 Å². The first-order valence-electron chi connectivity index (χ1n) is 6.47. The zero-order valence-electron chi connectivity index (χ0n) is 11.7. The highest BCUT2D eigenvalue weighted by Gasteiger charge is 2.14. The van der Waals surface area contributed by atoms with Crippen LogP contribution in [0.15, 0.2) is 36.4 Å². The van der Waals surface area contributed by atoms with Crippen molar-refractivity contribution in [1.29, 1.82) is 0 Å². The number of nitrogens with two attached hydrogens (primary N) is 1. The average molecular weight is 300 g/mol. The van der Waals surface area contributed by atoms with Crippen molar-refractivity contribution in [1.82, 2.24) is 20.2 Å². The van der Waals surface area contributed by atoms with Gasteiger partial charge in [-0.05, 0) is 59.7 Å². The standard InChI is InChI=1S/C15H14ClN5/c1-9-4-3-5-14(10(9)2)21-15(18-19-20-21)11-6-12(16)8-13(17)7-11/h3-8H,17H2,1-2H3. The minimum atomic E-state index is 0.556. The smallest absolute Gasteiger partial charge is 0.187 e. The first kappa shape index (κ1) is 13.6. The SMILES string of the molecule is Cc1cccc(-n2nnnc2-c2cc(N)cc(Cl)c2)c1C. The van der Waals surface area contributed by atoms with Gasteiger partial charge in [-0.3, -0.25) is 0 Å². The highest BCUT2D eigenvalue weighted by molar-refractivity contribution is 6.31. The summed E-state index contributed by atoms with van der Waals surface area (Å²) in [5.41, 5.74) is 10.5. The van der Waals surface area contributed by atoms with Gasteiger partial charge in [0.1, 0.15) is 0 Å². The molecule has 2 N–H and O–H groups in total. The van der Waals surface area contributed by atoms with Crippen molar-refractivity contribution in [3.63, 3.8) is 0 Å². The Morgan fingerprint density at radius 3 is 2.71 bits per heavy atom. The summed E-state index contributed by atoms with van der Waals surface area (Å²) in [4.78, 5) is 0. The van der Waals surface area contributed by atoms with E-state index < -0.39 is 0 Å². The van der Waals surface area contributed by atoms with Gasteiger partial charge in [0.15, 0.2) is 5.82 Å². The maximum Gasteiger partial charge on any atom is 0.187 e. The van der Waals surface area contributed by atoms with Crippen molar-refractivity contribution in [3.05, 3.63) is 52.5 Å². The van der Waals surface area contributed by atoms with E-state index in [1.807, 2.05) is 19.1 Å². The van der Waals surface area contributed by atoms with Crippen molar-refractivity contribution in [2.45, 2.75) is 13.8 Å². The second kappa shape index (κ2) is 5.18. The van der Waals surface area contributed by atoms with Gasteiger partial charge in [0.05, 0.1) is 5.69 Å². The molecule has 21 heavy (non-hydrogen) atoms. The number of halogens is 1. The van der Waals surface area contributed by atoms with Crippen LogP contribution >= 0.6 is 11.6 Å². The highest BCUT2D eigenvalue weighted by atomic mass is 35.5. The molecule has 0 amide bonds. The van der Waals surface area contributed by atoms with Crippen LogP contribution < -0.4 is 5.73 Å². The van der Waals surface area contributed by atoms with Gasteiger partial charge >= 0.3 is 0 Å². The second-order valence-electron chi connectivity index (χ2n) is 4.91. The van der Waals surface area contributed by atoms with E-state index in [4.69, 9.17) is 17.3 Å². The Labute approximate surface area is 127 Å². The van der Waals surface area contributed by atoms with Crippen molar-refractivity contribution in [2.75, 3.05) is 5.73 Å². The molecule has 0 fully saturated rings. The molecule has 106 valence electrons. The Bertz CT molecular complexity index is 789. The number of hydrogen-bond acceptors (Lipinski definition) is 4. The van der Waals surface area contributed by atoms with Gasteiger partial charge in [-0.1, -0.05) is 23.7 Å². The Balaban J connectivity index is 2.19. The lowest BCUT2D eigenvalue weighted by Gasteiger charge is -2.10. The maximum atomic E-state index is 6.06. The fourth-order valence-electron chi connectivity index (χ4n) is 2.24. The van der Waals surface area contributed by atoms with Gasteiger partial charge in [-0.15, -0.1) is 5.10 Å². The fourth-order valence-corrected chi connectivity index (χ4v) is 2.48. The van der Waals surface area contributed by atoms with Crippen LogP contribution in [0.4, 0.5) is 5.69 Å². The van der Waals surface area contributed by atoms with Crippen molar-refractivity contribution in [3.8, 4) is 17.1 Å². The summed E-state index contributed by atoms with van der Waals surface area (Å²) >= 11 is 6.06. The monoisotopic (exact) mass is 299 g/mol. The third-order valence-corrected chi connectivity index (χ3v) is 3.67. The number of anilines is 1. The quantitative estimate of drug-likeness (QED) is 0.738. The molecule has 0 bridgehead atoms. The molecule has 6 heteroatoms. The van der Waals surface area contributed by atoms with E-state index in [9.17, 15) is 0 Å². The van der Waals surface area contributed by atoms with E-state index >= 15 is 0 Å². The lowest BCUT2D eigenvalue weighted by molar-refractivity contribution is 0.786. The van der Waals surface area contributed by atoms with Gasteiger partial charge in [0.2, 0.25) is 0 Å². The molecule has 1 heterocycles. The normalized spacial score (nSPS) is 10.8. The van der Waals surface area contributed by atoms with Crippen LogP contribution in [0.2, 0.25) is 5.02 Å². The lowest BCUT2D eigenvalue weighted by Crippen LogP contribution is -2.03. The van der Waals surface area contributed by atoms with Crippen LogP contribution in [0.5, 0.6) is 0 Å². The van der Waals surface area contributed by atoms with Gasteiger partial charge in [0.25, 0.3) is 0 Å². The van der Waals surface area contributed by atoms with E-state index in [0.29, 0.717) is 16.5 Å². The summed E-state index contributed by atoms with van der Waals surface area (Å²) in [5.74, 6) is 0.609. The largest absolute Gasteiger partial charge is 0.399 e. The van der Waals surface area contributed by atoms with Crippen LogP contribution in [0.25, 0.3) is 17.1 Å². The third kappa shape index (κ3) is 2.48. The fraction of sp³-hybridized carbons (Fsp3) is 0.133. The van der Waals surface area contributed by atoms with Crippen LogP contribution in [0.1, 0.15) is 11.1 Å². The number of benzene rings is 2. The molecule has 3 rings (SSSR count). The van der Waals surface area contributed by atoms with Crippen LogP contribution in [-0.4, -0.2) is 20.2 Å². The Kier molecular flexibility index (Phi) is 3.35. The van der Waals surface area contributed by atoms with E-state index in [-0.39, 0.29) is 0 Å². The number of aryl methyl sites for hydroxylation is 1. The van der Waals surface area contributed by atoms with E-state index in [1.165, 1.54) is 5.56 Å². The van der Waals surface area contributed by atoms with Crippen LogP contribution in [0.3, 0.4) is 0 Å². The van der Waals surface area contributed by atoms with Gasteiger partial charge in [-0.25, -0.2) is 0 Å². The summed E-state index contributed by atoms with van der Waals surface area (Å²) in [6, 6.07) is 11.3. The zero-order valence-corrected chi connectivity index (χ0v) is 12.5. The summed E-state index contributed by atoms with van der Waals surface area (Å²) < 4.78 is 1.70. The molecule has 1 aromatic heterocycles. The topological polar surface area (TPSA) is 69.6 Å². The molecule has 0 aliphatic carbocycles. The number of tetrazole rings is 1. The van der Waals surface area contributed by atoms with Crippen LogP contribution in [-0.2, 0) is 0 Å². The number of hydrogen-bond donors (Lipinski definition) is 1. The molecule has 0 saturated heterocycles. The number of rotatable bonds is 2. The number of nitrogens with zero attached hydrogens (tertiary/aromatic N) is 4. The molecule has 0 atom stereocenters. The summed E-state index contributed by atoms with van der Waals surface area (Å²) in [6.45, 7) is 4.10. The summed E-state index contributed by atoms with van der Waals surface area (Å²) in [6.07, 6.45) is 0. The molecular formula is C15H14ClN5. The molecule has 5 nitrogen and oxygen atoms in total. The van der Waals surface area contributed by atoms with Gasteiger partial charge in [-0.2, -0.15) is 4.68 Å². The van der Waals surface area contributed by atoms with Gasteiger partial charge in [0, 0.05) is 16.3 Å². The molecule has 3 aromatic rings. The van der Waals surface area contributed by atoms with Crippen molar-refractivity contribution in [2.24, 2.45) is 0 Å². The third-order valence-electron chi connectivity index (χ3n) is 3.45. The van der Waals surface area contributed by atoms with E-state index in [1.54, 1.807) is 22.9 Å². The molecule has 0 aliphatic heterocycles. The van der Waals surface area contributed by atoms with Crippen LogP contribution in [0, 0.1) is 13.8 Å². The Morgan fingerprint density at radius 2 is 1.95 bits per heavy atom. The lowest BCUT2D eigenvalue weighted by atomic mass is 10.1. The predicted molar refractivity (Wildman–Crippen MR) is 83.5 cm³/mol. The first-order chi connectivity index (χ1) is 10.1. The molecule has 0 aliphatic rings. The maximum absolute atomic E-state index is 6.06. The molecule has 0 unspecified atom stereocenters. The molecular weight excluding hydrogens is 286 g/mol. The van der Waals surface area contributed by atoms with Gasteiger partial charge < -0.3 is 5.73 Å². The predicted octanol–water partition coefficient (Wildman–Crippen LogP) is 3.18. The minimum Gasteiger partial charge on any atom is -0.399 e. The molecule has 0 saturated carbocycles. The zero-order chi connectivity index (χ0) is 15.0. The Hall–Kier alpha value is -2.40. The number of nitrogen functional groups attached to an aromatic ring is 1. The molecule has 0 spiro atoms. The molecule has 0 radical (unpaired) electrons. The summed E-state index contributed by atoms with van der Waals surface area (Å²) in [7, 11) is 0. The average Bonchev–Trinajstić information content (AvgIpc) is 2.90. The van der Waals surface area contributed by atoms with E-state index in [0.717, 1.165) is 16.8 Å². The Morgan fingerprint density at radius 1 is 1.14 bits per heavy atom. The number of aromatic nitrogens is 4. The minimum absolute atomic E-state index is 0.556. The molecule has 2 aromatic carbocycles.